The first-order chi connectivity index (χ1) is 11.5. The van der Waals surface area contributed by atoms with Crippen LogP contribution in [0.15, 0.2) is 12.1 Å². The van der Waals surface area contributed by atoms with Gasteiger partial charge in [-0.1, -0.05) is 13.8 Å². The van der Waals surface area contributed by atoms with E-state index in [2.05, 4.69) is 0 Å². The van der Waals surface area contributed by atoms with Crippen molar-refractivity contribution < 1.29 is 14.0 Å². The van der Waals surface area contributed by atoms with Gasteiger partial charge < -0.3 is 16.0 Å². The molecule has 0 radical (unpaired) electrons. The van der Waals surface area contributed by atoms with E-state index in [-0.39, 0.29) is 22.4 Å². The summed E-state index contributed by atoms with van der Waals surface area (Å²) in [5.74, 6) is -1.56. The number of rotatable bonds is 2. The Labute approximate surface area is 145 Å². The Morgan fingerprint density at radius 2 is 1.88 bits per heavy atom. The molecule has 3 rings (SSSR count). The first-order valence-electron chi connectivity index (χ1n) is 8.16. The standard InChI is InChI=1S/C19H22FN3O2/c1-9-10(2)23(14-7-19(3,4)8-15(24)16(9)14)11-5-12(20)17(18(22)25)13(21)6-11/h5-6H,7-8,21H2,1-4H3,(H2,22,25). The number of ketones is 1. The van der Waals surface area contributed by atoms with Crippen LogP contribution in [0.1, 0.15) is 57.9 Å². The third-order valence-corrected chi connectivity index (χ3v) is 4.99. The van der Waals surface area contributed by atoms with Crippen LogP contribution in [0.2, 0.25) is 0 Å². The number of hydrogen-bond acceptors (Lipinski definition) is 3. The molecule has 1 aliphatic carbocycles. The number of halogens is 1. The number of fused-ring (bicyclic) bond motifs is 1. The van der Waals surface area contributed by atoms with Crippen molar-refractivity contribution in [3.05, 3.63) is 46.0 Å². The van der Waals surface area contributed by atoms with Crippen LogP contribution in [0.25, 0.3) is 5.69 Å². The molecule has 6 heteroatoms. The van der Waals surface area contributed by atoms with E-state index in [1.54, 1.807) is 0 Å². The van der Waals surface area contributed by atoms with E-state index in [0.717, 1.165) is 22.5 Å². The van der Waals surface area contributed by atoms with Crippen LogP contribution in [0.3, 0.4) is 0 Å². The number of aromatic nitrogens is 1. The number of primary amides is 1. The highest BCUT2D eigenvalue weighted by molar-refractivity contribution is 6.01. The summed E-state index contributed by atoms with van der Waals surface area (Å²) in [6.45, 7) is 7.88. The van der Waals surface area contributed by atoms with E-state index in [9.17, 15) is 14.0 Å². The first-order valence-corrected chi connectivity index (χ1v) is 8.16. The molecular weight excluding hydrogens is 321 g/mol. The van der Waals surface area contributed by atoms with Gasteiger partial charge in [-0.3, -0.25) is 9.59 Å². The Kier molecular flexibility index (Phi) is 3.74. The van der Waals surface area contributed by atoms with E-state index in [4.69, 9.17) is 11.5 Å². The summed E-state index contributed by atoms with van der Waals surface area (Å²) >= 11 is 0. The monoisotopic (exact) mass is 343 g/mol. The Bertz CT molecular complexity index is 902. The molecule has 1 heterocycles. The fourth-order valence-electron chi connectivity index (χ4n) is 3.81. The van der Waals surface area contributed by atoms with Crippen molar-refractivity contribution in [3.63, 3.8) is 0 Å². The van der Waals surface area contributed by atoms with Gasteiger partial charge in [-0.25, -0.2) is 4.39 Å². The van der Waals surface area contributed by atoms with Crippen LogP contribution < -0.4 is 11.5 Å². The zero-order valence-corrected chi connectivity index (χ0v) is 14.9. The number of hydrogen-bond donors (Lipinski definition) is 2. The van der Waals surface area contributed by atoms with Gasteiger partial charge in [0.25, 0.3) is 5.91 Å². The van der Waals surface area contributed by atoms with E-state index in [1.807, 2.05) is 32.3 Å². The molecule has 1 aliphatic rings. The third kappa shape index (κ3) is 2.62. The largest absolute Gasteiger partial charge is 0.398 e. The van der Waals surface area contributed by atoms with Crippen LogP contribution in [-0.4, -0.2) is 16.3 Å². The molecule has 0 atom stereocenters. The Balaban J connectivity index is 2.29. The van der Waals surface area contributed by atoms with Crippen LogP contribution in [0, 0.1) is 25.1 Å². The van der Waals surface area contributed by atoms with Crippen LogP contribution in [-0.2, 0) is 6.42 Å². The minimum atomic E-state index is -0.903. The van der Waals surface area contributed by atoms with Gasteiger partial charge in [0.15, 0.2) is 5.78 Å². The van der Waals surface area contributed by atoms with E-state index in [1.165, 1.54) is 12.1 Å². The molecule has 132 valence electrons. The molecule has 0 aliphatic heterocycles. The van der Waals surface area contributed by atoms with Gasteiger partial charge in [0.2, 0.25) is 0 Å². The summed E-state index contributed by atoms with van der Waals surface area (Å²) in [7, 11) is 0. The second-order valence-electron chi connectivity index (χ2n) is 7.56. The van der Waals surface area contributed by atoms with Gasteiger partial charge in [0.05, 0.1) is 11.3 Å². The van der Waals surface area contributed by atoms with Gasteiger partial charge in [-0.15, -0.1) is 0 Å². The molecule has 0 unspecified atom stereocenters. The van der Waals surface area contributed by atoms with Crippen molar-refractivity contribution >= 4 is 17.4 Å². The average Bonchev–Trinajstić information content (AvgIpc) is 2.67. The fraction of sp³-hybridized carbons (Fsp3) is 0.368. The Morgan fingerprint density at radius 3 is 2.44 bits per heavy atom. The molecule has 0 fully saturated rings. The SMILES string of the molecule is Cc1c2c(n(-c3cc(N)c(C(N)=O)c(F)c3)c1C)CC(C)(C)CC2=O. The Hall–Kier alpha value is -2.63. The minimum Gasteiger partial charge on any atom is -0.398 e. The topological polar surface area (TPSA) is 91.1 Å². The number of nitrogens with two attached hydrogens (primary N) is 2. The van der Waals surface area contributed by atoms with E-state index < -0.39 is 11.7 Å². The molecule has 0 saturated carbocycles. The van der Waals surface area contributed by atoms with Gasteiger partial charge in [0.1, 0.15) is 5.82 Å². The summed E-state index contributed by atoms with van der Waals surface area (Å²) in [5, 5.41) is 0. The van der Waals surface area contributed by atoms with Crippen LogP contribution in [0.4, 0.5) is 10.1 Å². The lowest BCUT2D eigenvalue weighted by Crippen LogP contribution is -2.28. The number of Topliss-reactive ketones (excluding diaryl/α,β-unsaturated/α-hetero) is 1. The zero-order chi connectivity index (χ0) is 18.7. The molecular formula is C19H22FN3O2. The number of anilines is 1. The molecule has 1 aromatic carbocycles. The van der Waals surface area contributed by atoms with Crippen molar-refractivity contribution in [2.45, 2.75) is 40.5 Å². The van der Waals surface area contributed by atoms with Crippen molar-refractivity contribution in [2.24, 2.45) is 11.1 Å². The van der Waals surface area contributed by atoms with Crippen LogP contribution in [0.5, 0.6) is 0 Å². The van der Waals surface area contributed by atoms with Gasteiger partial charge in [-0.05, 0) is 43.4 Å². The average molecular weight is 343 g/mol. The number of nitrogens with zero attached hydrogens (tertiary/aromatic N) is 1. The highest BCUT2D eigenvalue weighted by Gasteiger charge is 2.36. The summed E-state index contributed by atoms with van der Waals surface area (Å²) in [6, 6.07) is 2.78. The third-order valence-electron chi connectivity index (χ3n) is 4.99. The smallest absolute Gasteiger partial charge is 0.253 e. The number of carbonyl (C=O) groups excluding carboxylic acids is 2. The molecule has 2 aromatic rings. The molecule has 0 spiro atoms. The van der Waals surface area contributed by atoms with Crippen molar-refractivity contribution in [2.75, 3.05) is 5.73 Å². The predicted octanol–water partition coefficient (Wildman–Crippen LogP) is 3.07. The normalized spacial score (nSPS) is 16.0. The lowest BCUT2D eigenvalue weighted by molar-refractivity contribution is 0.0909. The zero-order valence-electron chi connectivity index (χ0n) is 14.9. The highest BCUT2D eigenvalue weighted by Crippen LogP contribution is 2.40. The number of nitrogen functional groups attached to an aromatic ring is 1. The number of benzene rings is 1. The summed E-state index contributed by atoms with van der Waals surface area (Å²) in [5.41, 5.74) is 14.4. The number of carbonyl (C=O) groups is 2. The molecule has 4 N–H and O–H groups in total. The molecule has 5 nitrogen and oxygen atoms in total. The summed E-state index contributed by atoms with van der Waals surface area (Å²) < 4.78 is 16.3. The number of amides is 1. The minimum absolute atomic E-state index is 0.0107. The van der Waals surface area contributed by atoms with Crippen molar-refractivity contribution in [3.8, 4) is 5.69 Å². The molecule has 0 saturated heterocycles. The van der Waals surface area contributed by atoms with Crippen LogP contribution >= 0.6 is 0 Å². The molecule has 1 aromatic heterocycles. The van der Waals surface area contributed by atoms with E-state index >= 15 is 0 Å². The molecule has 25 heavy (non-hydrogen) atoms. The van der Waals surface area contributed by atoms with Gasteiger partial charge in [0, 0.05) is 29.1 Å². The van der Waals surface area contributed by atoms with Crippen molar-refractivity contribution in [1.82, 2.24) is 4.57 Å². The maximum Gasteiger partial charge on any atom is 0.253 e. The van der Waals surface area contributed by atoms with Crippen molar-refractivity contribution in [1.29, 1.82) is 0 Å². The second kappa shape index (κ2) is 5.44. The lowest BCUT2D eigenvalue weighted by Gasteiger charge is -2.30. The van der Waals surface area contributed by atoms with Gasteiger partial charge in [-0.2, -0.15) is 0 Å². The maximum absolute atomic E-state index is 14.4. The molecule has 1 amide bonds. The second-order valence-corrected chi connectivity index (χ2v) is 7.56. The summed E-state index contributed by atoms with van der Waals surface area (Å²) in [4.78, 5) is 24.0. The predicted molar refractivity (Wildman–Crippen MR) is 94.6 cm³/mol. The lowest BCUT2D eigenvalue weighted by atomic mass is 9.75. The highest BCUT2D eigenvalue weighted by atomic mass is 19.1. The summed E-state index contributed by atoms with van der Waals surface area (Å²) in [6.07, 6.45) is 1.18. The van der Waals surface area contributed by atoms with Gasteiger partial charge >= 0.3 is 0 Å². The first kappa shape index (κ1) is 17.2. The maximum atomic E-state index is 14.4. The molecule has 0 bridgehead atoms. The Morgan fingerprint density at radius 1 is 1.24 bits per heavy atom. The van der Waals surface area contributed by atoms with E-state index in [0.29, 0.717) is 18.5 Å². The quantitative estimate of drug-likeness (QED) is 0.821. The fourth-order valence-corrected chi connectivity index (χ4v) is 3.81.